The van der Waals surface area contributed by atoms with Gasteiger partial charge in [-0.05, 0) is 30.4 Å². The van der Waals surface area contributed by atoms with E-state index < -0.39 is 0 Å². The number of rotatable bonds is 4. The predicted octanol–water partition coefficient (Wildman–Crippen LogP) is 3.59. The molecule has 0 aliphatic carbocycles. The first-order chi connectivity index (χ1) is 9.00. The standard InChI is InChI=1S/C13H17BrN2O3/c1-13(4-6-19-7-5-13)9-15-11-3-2-10(14)8-12(11)16(17)18/h2-3,8,15H,4-7,9H2,1H3. The summed E-state index contributed by atoms with van der Waals surface area (Å²) in [6, 6.07) is 5.07. The summed E-state index contributed by atoms with van der Waals surface area (Å²) < 4.78 is 6.06. The van der Waals surface area contributed by atoms with E-state index in [-0.39, 0.29) is 16.0 Å². The molecule has 0 atom stereocenters. The quantitative estimate of drug-likeness (QED) is 0.677. The molecule has 0 bridgehead atoms. The van der Waals surface area contributed by atoms with Crippen LogP contribution in [0.1, 0.15) is 19.8 Å². The Hall–Kier alpha value is -1.14. The fourth-order valence-corrected chi connectivity index (χ4v) is 2.50. The van der Waals surface area contributed by atoms with Gasteiger partial charge >= 0.3 is 0 Å². The first-order valence-corrected chi connectivity index (χ1v) is 7.05. The summed E-state index contributed by atoms with van der Waals surface area (Å²) in [4.78, 5) is 10.7. The normalized spacial score (nSPS) is 18.0. The average molecular weight is 329 g/mol. The van der Waals surface area contributed by atoms with E-state index in [0.29, 0.717) is 10.2 Å². The van der Waals surface area contributed by atoms with Gasteiger partial charge in [-0.2, -0.15) is 0 Å². The molecule has 104 valence electrons. The largest absolute Gasteiger partial charge is 0.381 e. The highest BCUT2D eigenvalue weighted by molar-refractivity contribution is 9.10. The number of hydrogen-bond acceptors (Lipinski definition) is 4. The van der Waals surface area contributed by atoms with Crippen LogP contribution >= 0.6 is 15.9 Å². The van der Waals surface area contributed by atoms with Crippen molar-refractivity contribution in [3.63, 3.8) is 0 Å². The van der Waals surface area contributed by atoms with Gasteiger partial charge in [0.2, 0.25) is 0 Å². The first-order valence-electron chi connectivity index (χ1n) is 6.26. The van der Waals surface area contributed by atoms with Gasteiger partial charge < -0.3 is 10.1 Å². The van der Waals surface area contributed by atoms with Gasteiger partial charge in [0.25, 0.3) is 5.69 Å². The zero-order valence-electron chi connectivity index (χ0n) is 10.8. The molecule has 0 unspecified atom stereocenters. The molecule has 1 aliphatic heterocycles. The van der Waals surface area contributed by atoms with Crippen molar-refractivity contribution in [2.45, 2.75) is 19.8 Å². The van der Waals surface area contributed by atoms with Crippen LogP contribution in [0.5, 0.6) is 0 Å². The van der Waals surface area contributed by atoms with E-state index in [4.69, 9.17) is 4.74 Å². The fraction of sp³-hybridized carbons (Fsp3) is 0.538. The lowest BCUT2D eigenvalue weighted by Crippen LogP contribution is -2.33. The van der Waals surface area contributed by atoms with E-state index in [1.165, 1.54) is 6.07 Å². The number of nitrogens with zero attached hydrogens (tertiary/aromatic N) is 1. The molecule has 0 spiro atoms. The van der Waals surface area contributed by atoms with Gasteiger partial charge in [0.05, 0.1) is 4.92 Å². The summed E-state index contributed by atoms with van der Waals surface area (Å²) in [6.07, 6.45) is 1.95. The summed E-state index contributed by atoms with van der Waals surface area (Å²) in [7, 11) is 0. The van der Waals surface area contributed by atoms with Gasteiger partial charge in [0, 0.05) is 30.3 Å². The van der Waals surface area contributed by atoms with Gasteiger partial charge in [-0.1, -0.05) is 22.9 Å². The Balaban J connectivity index is 2.08. The van der Waals surface area contributed by atoms with Crippen molar-refractivity contribution < 1.29 is 9.66 Å². The third kappa shape index (κ3) is 3.67. The van der Waals surface area contributed by atoms with Gasteiger partial charge in [0.1, 0.15) is 5.69 Å². The molecular weight excluding hydrogens is 312 g/mol. The maximum atomic E-state index is 11.0. The van der Waals surface area contributed by atoms with Gasteiger partial charge in [0.15, 0.2) is 0 Å². The molecule has 1 heterocycles. The van der Waals surface area contributed by atoms with Crippen LogP contribution in [0.2, 0.25) is 0 Å². The minimum absolute atomic E-state index is 0.102. The minimum Gasteiger partial charge on any atom is -0.381 e. The van der Waals surface area contributed by atoms with Crippen LogP contribution in [0.3, 0.4) is 0 Å². The molecule has 5 nitrogen and oxygen atoms in total. The van der Waals surface area contributed by atoms with Crippen molar-refractivity contribution >= 4 is 27.3 Å². The Bertz CT molecular complexity index is 473. The van der Waals surface area contributed by atoms with E-state index in [1.54, 1.807) is 6.07 Å². The zero-order valence-corrected chi connectivity index (χ0v) is 12.4. The molecule has 0 aromatic heterocycles. The van der Waals surface area contributed by atoms with E-state index >= 15 is 0 Å². The molecule has 6 heteroatoms. The first kappa shape index (κ1) is 14.3. The molecule has 1 aromatic rings. The molecule has 1 fully saturated rings. The van der Waals surface area contributed by atoms with E-state index in [9.17, 15) is 10.1 Å². The molecule has 0 radical (unpaired) electrons. The number of anilines is 1. The Labute approximate surface area is 120 Å². The highest BCUT2D eigenvalue weighted by Crippen LogP contribution is 2.33. The second kappa shape index (κ2) is 5.88. The summed E-state index contributed by atoms with van der Waals surface area (Å²) in [5, 5.41) is 14.2. The summed E-state index contributed by atoms with van der Waals surface area (Å²) >= 11 is 3.25. The number of halogens is 1. The molecule has 19 heavy (non-hydrogen) atoms. The number of nitro groups is 1. The molecule has 1 aliphatic rings. The third-order valence-electron chi connectivity index (χ3n) is 3.56. The van der Waals surface area contributed by atoms with Crippen LogP contribution in [0.25, 0.3) is 0 Å². The van der Waals surface area contributed by atoms with Crippen LogP contribution in [-0.2, 0) is 4.74 Å². The van der Waals surface area contributed by atoms with Crippen molar-refractivity contribution in [3.05, 3.63) is 32.8 Å². The number of hydrogen-bond donors (Lipinski definition) is 1. The number of nitrogens with one attached hydrogen (secondary N) is 1. The number of ether oxygens (including phenoxy) is 1. The average Bonchev–Trinajstić information content (AvgIpc) is 2.38. The maximum absolute atomic E-state index is 11.0. The molecule has 0 amide bonds. The van der Waals surface area contributed by atoms with E-state index in [1.807, 2.05) is 6.07 Å². The number of nitro benzene ring substituents is 1. The Morgan fingerprint density at radius 3 is 2.79 bits per heavy atom. The third-order valence-corrected chi connectivity index (χ3v) is 4.06. The summed E-state index contributed by atoms with van der Waals surface area (Å²) in [5.74, 6) is 0. The zero-order chi connectivity index (χ0) is 13.9. The SMILES string of the molecule is CC1(CNc2ccc(Br)cc2[N+](=O)[O-])CCOCC1. The second-order valence-corrected chi connectivity index (χ2v) is 6.11. The Morgan fingerprint density at radius 1 is 1.47 bits per heavy atom. The predicted molar refractivity (Wildman–Crippen MR) is 77.4 cm³/mol. The van der Waals surface area contributed by atoms with Crippen molar-refractivity contribution in [1.29, 1.82) is 0 Å². The lowest BCUT2D eigenvalue weighted by atomic mass is 9.82. The van der Waals surface area contributed by atoms with Gasteiger partial charge in [-0.3, -0.25) is 10.1 Å². The van der Waals surface area contributed by atoms with Crippen molar-refractivity contribution in [1.82, 2.24) is 0 Å². The van der Waals surface area contributed by atoms with Crippen LogP contribution in [0, 0.1) is 15.5 Å². The van der Waals surface area contributed by atoms with Crippen molar-refractivity contribution in [2.75, 3.05) is 25.1 Å². The van der Waals surface area contributed by atoms with Crippen LogP contribution < -0.4 is 5.32 Å². The maximum Gasteiger partial charge on any atom is 0.293 e. The molecule has 2 rings (SSSR count). The van der Waals surface area contributed by atoms with Crippen LogP contribution in [0.4, 0.5) is 11.4 Å². The number of benzene rings is 1. The van der Waals surface area contributed by atoms with Crippen molar-refractivity contribution in [3.8, 4) is 0 Å². The fourth-order valence-electron chi connectivity index (χ4n) is 2.15. The minimum atomic E-state index is -0.362. The monoisotopic (exact) mass is 328 g/mol. The summed E-state index contributed by atoms with van der Waals surface area (Å²) in [6.45, 7) is 4.44. The van der Waals surface area contributed by atoms with E-state index in [2.05, 4.69) is 28.2 Å². The second-order valence-electron chi connectivity index (χ2n) is 5.20. The summed E-state index contributed by atoms with van der Waals surface area (Å²) in [5.41, 5.74) is 0.810. The smallest absolute Gasteiger partial charge is 0.293 e. The lowest BCUT2D eigenvalue weighted by Gasteiger charge is -2.33. The molecule has 0 saturated carbocycles. The van der Waals surface area contributed by atoms with Crippen molar-refractivity contribution in [2.24, 2.45) is 5.41 Å². The van der Waals surface area contributed by atoms with Crippen LogP contribution in [0.15, 0.2) is 22.7 Å². The molecule has 1 N–H and O–H groups in total. The molecule has 1 aromatic carbocycles. The topological polar surface area (TPSA) is 64.4 Å². The van der Waals surface area contributed by atoms with E-state index in [0.717, 1.165) is 32.6 Å². The Morgan fingerprint density at radius 2 is 2.16 bits per heavy atom. The Kier molecular flexibility index (Phi) is 4.42. The highest BCUT2D eigenvalue weighted by Gasteiger charge is 2.28. The highest BCUT2D eigenvalue weighted by atomic mass is 79.9. The van der Waals surface area contributed by atoms with Gasteiger partial charge in [-0.25, -0.2) is 0 Å². The van der Waals surface area contributed by atoms with Gasteiger partial charge in [-0.15, -0.1) is 0 Å². The van der Waals surface area contributed by atoms with Crippen LogP contribution in [-0.4, -0.2) is 24.7 Å². The lowest BCUT2D eigenvalue weighted by molar-refractivity contribution is -0.384. The molecule has 1 saturated heterocycles. The molecular formula is C13H17BrN2O3.